The Morgan fingerprint density at radius 1 is 0.370 bits per heavy atom. The second-order valence-corrected chi connectivity index (χ2v) is 21.3. The number of nitrogens with two attached hydrogens (primary N) is 1. The zero-order valence-electron chi connectivity index (χ0n) is 50.7. The molecule has 0 aromatic rings. The molecule has 0 radical (unpaired) electrons. The molecular weight excluding hydrogens is 1030 g/mol. The quantitative estimate of drug-likeness (QED) is 0.0264. The second kappa shape index (κ2) is 64.3. The molecule has 81 heavy (non-hydrogen) atoms. The van der Waals surface area contributed by atoms with Gasteiger partial charge in [0.25, 0.3) is 0 Å². The fourth-order valence-electron chi connectivity index (χ4n) is 7.75. The van der Waals surface area contributed by atoms with Gasteiger partial charge in [-0.1, -0.05) is 254 Å². The molecule has 0 amide bonds. The third-order valence-electron chi connectivity index (χ3n) is 12.3. The predicted octanol–water partition coefficient (Wildman–Crippen LogP) is 20.4. The average molecular weight is 1140 g/mol. The monoisotopic (exact) mass is 1140 g/mol. The van der Waals surface area contributed by atoms with Gasteiger partial charge in [0.15, 0.2) is 6.10 Å². The number of esters is 2. The zero-order valence-corrected chi connectivity index (χ0v) is 51.6. The minimum absolute atomic E-state index is 0.0382. The first-order valence-electron chi connectivity index (χ1n) is 31.3. The molecule has 10 heteroatoms. The van der Waals surface area contributed by atoms with Crippen LogP contribution in [0.15, 0.2) is 182 Å². The Hall–Kier alpha value is -4.89. The summed E-state index contributed by atoms with van der Waals surface area (Å²) in [5.74, 6) is -0.873. The largest absolute Gasteiger partial charge is 0.472 e. The van der Waals surface area contributed by atoms with Crippen molar-refractivity contribution >= 4 is 19.8 Å². The molecule has 0 aliphatic heterocycles. The molecule has 0 aliphatic carbocycles. The molecule has 2 unspecified atom stereocenters. The van der Waals surface area contributed by atoms with Crippen molar-refractivity contribution in [2.24, 2.45) is 5.73 Å². The van der Waals surface area contributed by atoms with Crippen LogP contribution in [-0.2, 0) is 32.7 Å². The number of phosphoric ester groups is 1. The molecule has 2 atom stereocenters. The molecule has 0 bridgehead atoms. The van der Waals surface area contributed by atoms with Crippen molar-refractivity contribution in [1.29, 1.82) is 0 Å². The van der Waals surface area contributed by atoms with Gasteiger partial charge in [0.05, 0.1) is 13.2 Å². The van der Waals surface area contributed by atoms with Crippen LogP contribution >= 0.6 is 7.82 Å². The molecule has 454 valence electrons. The van der Waals surface area contributed by atoms with E-state index in [1.165, 1.54) is 19.3 Å². The fourth-order valence-corrected chi connectivity index (χ4v) is 8.51. The topological polar surface area (TPSA) is 134 Å². The molecule has 0 aromatic heterocycles. The molecule has 0 aliphatic rings. The maximum absolute atomic E-state index is 12.7. The van der Waals surface area contributed by atoms with Crippen molar-refractivity contribution in [3.8, 4) is 0 Å². The maximum atomic E-state index is 12.7. The van der Waals surface area contributed by atoms with Crippen LogP contribution < -0.4 is 5.73 Å². The zero-order chi connectivity index (χ0) is 58.7. The maximum Gasteiger partial charge on any atom is 0.472 e. The van der Waals surface area contributed by atoms with Gasteiger partial charge in [0.2, 0.25) is 0 Å². The molecule has 0 rings (SSSR count). The van der Waals surface area contributed by atoms with Crippen LogP contribution in [0.4, 0.5) is 0 Å². The highest BCUT2D eigenvalue weighted by Gasteiger charge is 2.26. The summed E-state index contributed by atoms with van der Waals surface area (Å²) in [6.07, 6.45) is 96.6. The van der Waals surface area contributed by atoms with Gasteiger partial charge in [0, 0.05) is 19.4 Å². The van der Waals surface area contributed by atoms with Crippen molar-refractivity contribution in [3.05, 3.63) is 182 Å². The summed E-state index contributed by atoms with van der Waals surface area (Å²) in [6.45, 7) is 3.46. The number of hydrogen-bond acceptors (Lipinski definition) is 8. The van der Waals surface area contributed by atoms with Crippen LogP contribution in [0.5, 0.6) is 0 Å². The van der Waals surface area contributed by atoms with E-state index in [0.29, 0.717) is 12.8 Å². The molecule has 0 heterocycles. The van der Waals surface area contributed by atoms with Crippen LogP contribution in [0, 0.1) is 0 Å². The van der Waals surface area contributed by atoms with Crippen molar-refractivity contribution in [2.75, 3.05) is 26.4 Å². The van der Waals surface area contributed by atoms with E-state index in [0.717, 1.165) is 161 Å². The first-order chi connectivity index (χ1) is 39.8. The summed E-state index contributed by atoms with van der Waals surface area (Å²) in [6, 6.07) is 0. The Balaban J connectivity index is 4.10. The normalized spacial score (nSPS) is 14.3. The van der Waals surface area contributed by atoms with E-state index in [9.17, 15) is 19.0 Å². The highest BCUT2D eigenvalue weighted by molar-refractivity contribution is 7.47. The summed E-state index contributed by atoms with van der Waals surface area (Å²) in [5.41, 5.74) is 5.39. The summed E-state index contributed by atoms with van der Waals surface area (Å²) in [5, 5.41) is 0. The highest BCUT2D eigenvalue weighted by Crippen LogP contribution is 2.43. The molecular formula is C71H112NO8P. The summed E-state index contributed by atoms with van der Waals surface area (Å²) < 4.78 is 33.1. The fraction of sp³-hybridized carbons (Fsp3) is 0.549. The Morgan fingerprint density at radius 3 is 0.951 bits per heavy atom. The Labute approximate surface area is 494 Å². The van der Waals surface area contributed by atoms with E-state index in [2.05, 4.69) is 196 Å². The van der Waals surface area contributed by atoms with Gasteiger partial charge in [-0.15, -0.1) is 0 Å². The average Bonchev–Trinajstić information content (AvgIpc) is 3.46. The minimum atomic E-state index is -4.41. The Bertz CT molecular complexity index is 1980. The lowest BCUT2D eigenvalue weighted by atomic mass is 10.1. The molecule has 0 fully saturated rings. The third-order valence-corrected chi connectivity index (χ3v) is 13.3. The number of carbonyl (C=O) groups is 2. The van der Waals surface area contributed by atoms with E-state index in [1.54, 1.807) is 0 Å². The van der Waals surface area contributed by atoms with Crippen molar-refractivity contribution in [1.82, 2.24) is 0 Å². The van der Waals surface area contributed by atoms with Gasteiger partial charge in [-0.3, -0.25) is 18.6 Å². The molecule has 0 saturated heterocycles. The smallest absolute Gasteiger partial charge is 0.462 e. The number of ether oxygens (including phenoxy) is 2. The summed E-state index contributed by atoms with van der Waals surface area (Å²) in [4.78, 5) is 35.3. The predicted molar refractivity (Wildman–Crippen MR) is 348 cm³/mol. The van der Waals surface area contributed by atoms with E-state index in [1.807, 2.05) is 0 Å². The van der Waals surface area contributed by atoms with Crippen LogP contribution in [0.1, 0.15) is 219 Å². The lowest BCUT2D eigenvalue weighted by Gasteiger charge is -2.19. The first-order valence-corrected chi connectivity index (χ1v) is 32.8. The van der Waals surface area contributed by atoms with E-state index in [4.69, 9.17) is 24.3 Å². The standard InChI is InChI=1S/C71H112NO8P/c1-3-5-7-9-11-13-15-17-19-21-23-25-27-29-31-33-34-36-38-40-42-44-46-48-50-52-54-56-58-60-62-64-71(74)80-69(68-79-81(75,76)78-66-65-72)67-77-70(73)63-61-59-57-55-53-51-49-47-45-43-41-39-37-35-32-30-28-26-24-22-20-18-16-14-12-10-8-6-4-2/h5-8,11-14,17-20,23-26,29-32,34,36-37,39-40,42-43,45-46,48,69H,3-4,9-10,15-16,21-22,27-28,33,35,38,41,44,47,49-68,72H2,1-2H3,(H,75,76)/b7-5-,8-6-,13-11-,14-12-,19-17-,20-18-,25-23-,26-24-,31-29-,32-30-,36-34-,39-37-,42-40-,45-43-,48-46-. The molecule has 9 nitrogen and oxygen atoms in total. The van der Waals surface area contributed by atoms with Crippen molar-refractivity contribution in [3.63, 3.8) is 0 Å². The number of allylic oxidation sites excluding steroid dienone is 30. The van der Waals surface area contributed by atoms with Crippen LogP contribution in [0.3, 0.4) is 0 Å². The van der Waals surface area contributed by atoms with Crippen LogP contribution in [0.2, 0.25) is 0 Å². The van der Waals surface area contributed by atoms with Crippen LogP contribution in [-0.4, -0.2) is 49.3 Å². The molecule has 3 N–H and O–H groups in total. The third kappa shape index (κ3) is 64.1. The lowest BCUT2D eigenvalue weighted by Crippen LogP contribution is -2.29. The molecule has 0 saturated carbocycles. The SMILES string of the molecule is CC/C=C\C/C=C\C/C=C\C/C=C\C/C=C\C/C=C\C/C=C\C/C=C\CCCCCCCCC(=O)OC(COC(=O)CCCCCCCCC/C=C\C/C=C\C/C=C\C/C=C\C/C=C\C/C=C\C/C=C\CC)COP(=O)(O)OCCN. The van der Waals surface area contributed by atoms with E-state index >= 15 is 0 Å². The van der Waals surface area contributed by atoms with Crippen molar-refractivity contribution < 1.29 is 37.6 Å². The Morgan fingerprint density at radius 2 is 0.642 bits per heavy atom. The van der Waals surface area contributed by atoms with Gasteiger partial charge in [-0.2, -0.15) is 0 Å². The van der Waals surface area contributed by atoms with Gasteiger partial charge in [0.1, 0.15) is 6.61 Å². The Kier molecular flexibility index (Phi) is 60.4. The van der Waals surface area contributed by atoms with E-state index in [-0.39, 0.29) is 32.6 Å². The van der Waals surface area contributed by atoms with Gasteiger partial charge >= 0.3 is 19.8 Å². The molecule has 0 aromatic carbocycles. The number of rotatable bonds is 56. The van der Waals surface area contributed by atoms with Crippen LogP contribution in [0.25, 0.3) is 0 Å². The second-order valence-electron chi connectivity index (χ2n) is 19.8. The number of hydrogen-bond donors (Lipinski definition) is 2. The van der Waals surface area contributed by atoms with Gasteiger partial charge < -0.3 is 20.1 Å². The van der Waals surface area contributed by atoms with Gasteiger partial charge in [-0.25, -0.2) is 4.57 Å². The first kappa shape index (κ1) is 76.1. The van der Waals surface area contributed by atoms with Crippen molar-refractivity contribution in [2.45, 2.75) is 225 Å². The minimum Gasteiger partial charge on any atom is -0.462 e. The highest BCUT2D eigenvalue weighted by atomic mass is 31.2. The number of phosphoric acid groups is 1. The summed E-state index contributed by atoms with van der Waals surface area (Å²) >= 11 is 0. The molecule has 0 spiro atoms. The lowest BCUT2D eigenvalue weighted by molar-refractivity contribution is -0.161. The van der Waals surface area contributed by atoms with Gasteiger partial charge in [-0.05, 0) is 135 Å². The number of carbonyl (C=O) groups excluding carboxylic acids is 2. The van der Waals surface area contributed by atoms with E-state index < -0.39 is 32.5 Å². The number of unbranched alkanes of at least 4 members (excludes halogenated alkanes) is 13. The summed E-state index contributed by atoms with van der Waals surface area (Å²) in [7, 11) is -4.41.